The van der Waals surface area contributed by atoms with Gasteiger partial charge in [0.2, 0.25) is 0 Å². The first-order valence-corrected chi connectivity index (χ1v) is 13.5. The summed E-state index contributed by atoms with van der Waals surface area (Å²) < 4.78 is 5.76. The van der Waals surface area contributed by atoms with Gasteiger partial charge >= 0.3 is 5.97 Å². The molecule has 1 saturated carbocycles. The first kappa shape index (κ1) is 27.5. The van der Waals surface area contributed by atoms with Crippen molar-refractivity contribution in [3.05, 3.63) is 0 Å². The number of carbonyl (C=O) groups excluding carboxylic acids is 1. The maximum atomic E-state index is 12.5. The van der Waals surface area contributed by atoms with Crippen molar-refractivity contribution >= 4 is 5.97 Å². The highest BCUT2D eigenvalue weighted by molar-refractivity contribution is 5.72. The number of ether oxygens (including phenoxy) is 1. The topological polar surface area (TPSA) is 46.5 Å². The molecule has 3 atom stereocenters. The van der Waals surface area contributed by atoms with Gasteiger partial charge in [0.25, 0.3) is 0 Å². The Morgan fingerprint density at radius 2 is 1.30 bits per heavy atom. The van der Waals surface area contributed by atoms with Crippen LogP contribution in [0.5, 0.6) is 0 Å². The molecule has 3 nitrogen and oxygen atoms in total. The van der Waals surface area contributed by atoms with Gasteiger partial charge in [0, 0.05) is 0 Å². The van der Waals surface area contributed by atoms with Crippen molar-refractivity contribution in [3.8, 4) is 0 Å². The molecule has 0 amide bonds. The second-order valence-electron chi connectivity index (χ2n) is 9.83. The van der Waals surface area contributed by atoms with Gasteiger partial charge in [-0.3, -0.25) is 4.79 Å². The molecule has 3 unspecified atom stereocenters. The molecule has 0 saturated heterocycles. The molecule has 1 rings (SSSR count). The molecule has 0 bridgehead atoms. The average Bonchev–Trinajstić information content (AvgIpc) is 2.75. The summed E-state index contributed by atoms with van der Waals surface area (Å²) in [7, 11) is 0. The third kappa shape index (κ3) is 14.4. The van der Waals surface area contributed by atoms with Gasteiger partial charge in [-0.05, 0) is 38.0 Å². The number of carbonyl (C=O) groups is 1. The molecule has 0 aromatic carbocycles. The molecule has 0 aromatic rings. The van der Waals surface area contributed by atoms with E-state index in [0.29, 0.717) is 18.9 Å². The lowest BCUT2D eigenvalue weighted by Crippen LogP contribution is -2.28. The Kier molecular flexibility index (Phi) is 17.5. The fourth-order valence-electron chi connectivity index (χ4n) is 4.79. The van der Waals surface area contributed by atoms with Gasteiger partial charge in [0.15, 0.2) is 0 Å². The van der Waals surface area contributed by atoms with E-state index in [0.717, 1.165) is 19.3 Å². The van der Waals surface area contributed by atoms with E-state index >= 15 is 0 Å². The van der Waals surface area contributed by atoms with Gasteiger partial charge in [-0.2, -0.15) is 0 Å². The first-order chi connectivity index (χ1) is 14.7. The smallest absolute Gasteiger partial charge is 0.309 e. The molecule has 1 aliphatic rings. The fraction of sp³-hybridized carbons (Fsp3) is 0.963. The van der Waals surface area contributed by atoms with E-state index in [4.69, 9.17) is 4.74 Å². The highest BCUT2D eigenvalue weighted by Crippen LogP contribution is 2.26. The Morgan fingerprint density at radius 3 is 1.80 bits per heavy atom. The zero-order valence-electron chi connectivity index (χ0n) is 20.3. The van der Waals surface area contributed by atoms with E-state index in [1.165, 1.54) is 103 Å². The summed E-state index contributed by atoms with van der Waals surface area (Å²) in [5.41, 5.74) is 0. The largest absolute Gasteiger partial charge is 0.465 e. The monoisotopic (exact) mass is 424 g/mol. The summed E-state index contributed by atoms with van der Waals surface area (Å²) in [6, 6.07) is 0. The molecule has 178 valence electrons. The first-order valence-electron chi connectivity index (χ1n) is 13.5. The lowest BCUT2D eigenvalue weighted by molar-refractivity contribution is -0.152. The van der Waals surface area contributed by atoms with Crippen LogP contribution in [0.4, 0.5) is 0 Å². The van der Waals surface area contributed by atoms with Crippen molar-refractivity contribution in [1.29, 1.82) is 0 Å². The summed E-state index contributed by atoms with van der Waals surface area (Å²) in [5, 5.41) is 9.84. The number of unbranched alkanes of at least 4 members (excludes halogenated alkanes) is 12. The van der Waals surface area contributed by atoms with Gasteiger partial charge in [0.05, 0.1) is 18.6 Å². The summed E-state index contributed by atoms with van der Waals surface area (Å²) in [5.74, 6) is 0.387. The molecular weight excluding hydrogens is 372 g/mol. The van der Waals surface area contributed by atoms with Gasteiger partial charge in [-0.1, -0.05) is 110 Å². The average molecular weight is 425 g/mol. The minimum atomic E-state index is -0.312. The van der Waals surface area contributed by atoms with Crippen molar-refractivity contribution in [2.75, 3.05) is 6.61 Å². The van der Waals surface area contributed by atoms with Crippen LogP contribution in [0.25, 0.3) is 0 Å². The van der Waals surface area contributed by atoms with Gasteiger partial charge in [-0.15, -0.1) is 0 Å². The van der Waals surface area contributed by atoms with Crippen LogP contribution in [0.1, 0.15) is 142 Å². The molecule has 1 fully saturated rings. The van der Waals surface area contributed by atoms with Crippen LogP contribution in [0.15, 0.2) is 0 Å². The van der Waals surface area contributed by atoms with Crippen molar-refractivity contribution in [3.63, 3.8) is 0 Å². The molecule has 1 aliphatic carbocycles. The van der Waals surface area contributed by atoms with E-state index < -0.39 is 0 Å². The zero-order valence-corrected chi connectivity index (χ0v) is 20.3. The number of esters is 1. The second-order valence-corrected chi connectivity index (χ2v) is 9.83. The molecule has 0 radical (unpaired) electrons. The second kappa shape index (κ2) is 19.1. The number of rotatable bonds is 19. The maximum absolute atomic E-state index is 12.5. The SMILES string of the molecule is CCCCCCCCCCC(CCCCCCCC)COC(=O)C1CCCC(O)C1. The van der Waals surface area contributed by atoms with Crippen LogP contribution in [-0.4, -0.2) is 23.8 Å². The molecule has 30 heavy (non-hydrogen) atoms. The summed E-state index contributed by atoms with van der Waals surface area (Å²) in [6.07, 6.45) is 24.1. The number of hydrogen-bond donors (Lipinski definition) is 1. The van der Waals surface area contributed by atoms with Gasteiger partial charge < -0.3 is 9.84 Å². The van der Waals surface area contributed by atoms with E-state index in [1.54, 1.807) is 0 Å². The zero-order chi connectivity index (χ0) is 21.9. The predicted molar refractivity (Wildman–Crippen MR) is 128 cm³/mol. The lowest BCUT2D eigenvalue weighted by atomic mass is 9.87. The maximum Gasteiger partial charge on any atom is 0.309 e. The van der Waals surface area contributed by atoms with Crippen molar-refractivity contribution in [2.24, 2.45) is 11.8 Å². The van der Waals surface area contributed by atoms with E-state index in [-0.39, 0.29) is 18.0 Å². The standard InChI is InChI=1S/C27H52O3/c1-3-5-7-9-11-12-14-16-19-24(18-15-13-10-8-6-4-2)23-30-27(29)25-20-17-21-26(28)22-25/h24-26,28H,3-23H2,1-2H3. The number of hydrogen-bond acceptors (Lipinski definition) is 3. The number of aliphatic hydroxyl groups excluding tert-OH is 1. The summed E-state index contributed by atoms with van der Waals surface area (Å²) in [6.45, 7) is 5.13. The van der Waals surface area contributed by atoms with Crippen LogP contribution in [0.3, 0.4) is 0 Å². The van der Waals surface area contributed by atoms with Gasteiger partial charge in [-0.25, -0.2) is 0 Å². The molecule has 1 N–H and O–H groups in total. The normalized spacial score (nSPS) is 20.2. The summed E-state index contributed by atoms with van der Waals surface area (Å²) >= 11 is 0. The molecule has 0 heterocycles. The predicted octanol–water partition coefficient (Wildman–Crippen LogP) is 7.98. The Bertz CT molecular complexity index is 396. The van der Waals surface area contributed by atoms with Crippen LogP contribution in [-0.2, 0) is 9.53 Å². The highest BCUT2D eigenvalue weighted by Gasteiger charge is 2.27. The quantitative estimate of drug-likeness (QED) is 0.169. The molecule has 0 aromatic heterocycles. The third-order valence-corrected chi connectivity index (χ3v) is 6.87. The summed E-state index contributed by atoms with van der Waals surface area (Å²) in [4.78, 5) is 12.5. The van der Waals surface area contributed by atoms with Gasteiger partial charge in [0.1, 0.15) is 0 Å². The molecule has 0 aliphatic heterocycles. The lowest BCUT2D eigenvalue weighted by Gasteiger charge is -2.25. The van der Waals surface area contributed by atoms with Crippen LogP contribution in [0, 0.1) is 11.8 Å². The third-order valence-electron chi connectivity index (χ3n) is 6.87. The minimum absolute atomic E-state index is 0.0578. The van der Waals surface area contributed by atoms with E-state index in [1.807, 2.05) is 0 Å². The van der Waals surface area contributed by atoms with Crippen molar-refractivity contribution in [1.82, 2.24) is 0 Å². The van der Waals surface area contributed by atoms with Crippen LogP contribution >= 0.6 is 0 Å². The van der Waals surface area contributed by atoms with Crippen molar-refractivity contribution < 1.29 is 14.6 Å². The number of aliphatic hydroxyl groups is 1. The Hall–Kier alpha value is -0.570. The van der Waals surface area contributed by atoms with E-state index in [9.17, 15) is 9.90 Å². The Morgan fingerprint density at radius 1 is 0.800 bits per heavy atom. The highest BCUT2D eigenvalue weighted by atomic mass is 16.5. The molecule has 0 spiro atoms. The molecular formula is C27H52O3. The fourth-order valence-corrected chi connectivity index (χ4v) is 4.79. The molecule has 3 heteroatoms. The Labute approximate surface area is 187 Å². The van der Waals surface area contributed by atoms with Crippen molar-refractivity contribution in [2.45, 2.75) is 148 Å². The van der Waals surface area contributed by atoms with E-state index in [2.05, 4.69) is 13.8 Å². The van der Waals surface area contributed by atoms with Crippen LogP contribution < -0.4 is 0 Å². The van der Waals surface area contributed by atoms with Crippen LogP contribution in [0.2, 0.25) is 0 Å². The minimum Gasteiger partial charge on any atom is -0.465 e. The Balaban J connectivity index is 2.26.